The Kier molecular flexibility index (Phi) is 4.30. The molecule has 0 fully saturated rings. The van der Waals surface area contributed by atoms with E-state index in [9.17, 15) is 10.1 Å². The lowest BCUT2D eigenvalue weighted by molar-refractivity contribution is 0.759. The van der Waals surface area contributed by atoms with Gasteiger partial charge in [-0.1, -0.05) is 35.9 Å². The van der Waals surface area contributed by atoms with E-state index in [0.29, 0.717) is 17.9 Å². The minimum atomic E-state index is 0.0215. The Bertz CT molecular complexity index is 1360. The minimum absolute atomic E-state index is 0.0215. The lowest BCUT2D eigenvalue weighted by atomic mass is 10.1. The third kappa shape index (κ3) is 3.06. The van der Waals surface area contributed by atoms with Crippen molar-refractivity contribution in [3.05, 3.63) is 86.0 Å². The van der Waals surface area contributed by atoms with Crippen molar-refractivity contribution in [2.75, 3.05) is 0 Å². The van der Waals surface area contributed by atoms with Crippen LogP contribution in [-0.2, 0) is 19.4 Å². The van der Waals surface area contributed by atoms with Crippen LogP contribution in [0, 0.1) is 18.3 Å². The Morgan fingerprint density at radius 3 is 2.86 bits per heavy atom. The molecule has 2 heterocycles. The second kappa shape index (κ2) is 6.98. The van der Waals surface area contributed by atoms with Crippen molar-refractivity contribution in [1.82, 2.24) is 9.55 Å². The molecule has 0 aliphatic heterocycles. The van der Waals surface area contributed by atoms with E-state index in [0.717, 1.165) is 46.2 Å². The topological polar surface area (TPSA) is 58.7 Å². The second-order valence-electron chi connectivity index (χ2n) is 7.55. The van der Waals surface area contributed by atoms with Crippen LogP contribution in [0.25, 0.3) is 21.6 Å². The summed E-state index contributed by atoms with van der Waals surface area (Å²) < 4.78 is 1.78. The van der Waals surface area contributed by atoms with Crippen LogP contribution in [0.4, 0.5) is 0 Å². The Balaban J connectivity index is 1.77. The number of aryl methyl sites for hydroxylation is 3. The highest BCUT2D eigenvalue weighted by atomic mass is 32.1. The monoisotopic (exact) mass is 397 g/mol. The molecule has 4 aromatic rings. The van der Waals surface area contributed by atoms with Gasteiger partial charge in [0.05, 0.1) is 23.6 Å². The van der Waals surface area contributed by atoms with Gasteiger partial charge in [0.2, 0.25) is 0 Å². The van der Waals surface area contributed by atoms with E-state index < -0.39 is 0 Å². The summed E-state index contributed by atoms with van der Waals surface area (Å²) in [6, 6.07) is 17.7. The minimum Gasteiger partial charge on any atom is -0.288 e. The number of fused-ring (bicyclic) bond motifs is 3. The van der Waals surface area contributed by atoms with E-state index in [2.05, 4.69) is 12.1 Å². The normalized spacial score (nSPS) is 12.8. The maximum Gasteiger partial charge on any atom is 0.263 e. The molecule has 2 aromatic carbocycles. The highest BCUT2D eigenvalue weighted by Gasteiger charge is 2.23. The van der Waals surface area contributed by atoms with Crippen molar-refractivity contribution in [2.24, 2.45) is 0 Å². The van der Waals surface area contributed by atoms with Gasteiger partial charge in [-0.15, -0.1) is 11.3 Å². The first-order valence-corrected chi connectivity index (χ1v) is 10.6. The summed E-state index contributed by atoms with van der Waals surface area (Å²) in [6.45, 7) is 2.44. The van der Waals surface area contributed by atoms with Crippen molar-refractivity contribution >= 4 is 21.6 Å². The maximum absolute atomic E-state index is 13.7. The number of nitriles is 1. The smallest absolute Gasteiger partial charge is 0.263 e. The van der Waals surface area contributed by atoms with Gasteiger partial charge >= 0.3 is 0 Å². The number of nitrogens with zero attached hydrogens (tertiary/aromatic N) is 3. The quantitative estimate of drug-likeness (QED) is 0.497. The van der Waals surface area contributed by atoms with E-state index in [4.69, 9.17) is 4.98 Å². The number of rotatable bonds is 3. The Hall–Kier alpha value is -3.23. The molecule has 1 aliphatic carbocycles. The summed E-state index contributed by atoms with van der Waals surface area (Å²) in [5, 5.41) is 10.0. The van der Waals surface area contributed by atoms with Crippen molar-refractivity contribution in [3.8, 4) is 17.5 Å². The molecule has 2 aromatic heterocycles. The van der Waals surface area contributed by atoms with Gasteiger partial charge in [0.15, 0.2) is 0 Å². The first-order chi connectivity index (χ1) is 14.1. The fourth-order valence-electron chi connectivity index (χ4n) is 4.15. The van der Waals surface area contributed by atoms with Gasteiger partial charge in [-0.05, 0) is 55.5 Å². The van der Waals surface area contributed by atoms with Gasteiger partial charge in [-0.3, -0.25) is 9.36 Å². The number of benzene rings is 2. The predicted octanol–water partition coefficient (Wildman–Crippen LogP) is 4.84. The fourth-order valence-corrected chi connectivity index (χ4v) is 5.40. The highest BCUT2D eigenvalue weighted by Crippen LogP contribution is 2.35. The van der Waals surface area contributed by atoms with E-state index in [-0.39, 0.29) is 5.56 Å². The zero-order chi connectivity index (χ0) is 20.0. The van der Waals surface area contributed by atoms with Crippen molar-refractivity contribution < 1.29 is 0 Å². The molecule has 0 bridgehead atoms. The molecule has 0 unspecified atom stereocenters. The van der Waals surface area contributed by atoms with Gasteiger partial charge < -0.3 is 0 Å². The lowest BCUT2D eigenvalue weighted by Crippen LogP contribution is -2.24. The van der Waals surface area contributed by atoms with Crippen molar-refractivity contribution in [2.45, 2.75) is 32.7 Å². The predicted molar refractivity (Wildman–Crippen MR) is 116 cm³/mol. The molecule has 4 nitrogen and oxygen atoms in total. The molecule has 0 amide bonds. The van der Waals surface area contributed by atoms with Crippen LogP contribution in [0.15, 0.2) is 53.3 Å². The second-order valence-corrected chi connectivity index (χ2v) is 8.63. The molecule has 0 spiro atoms. The molecule has 0 atom stereocenters. The summed E-state index contributed by atoms with van der Waals surface area (Å²) in [5.41, 5.74) is 4.80. The molecule has 0 saturated carbocycles. The zero-order valence-corrected chi connectivity index (χ0v) is 16.9. The van der Waals surface area contributed by atoms with Gasteiger partial charge in [-0.2, -0.15) is 5.26 Å². The number of hydrogen-bond acceptors (Lipinski definition) is 4. The summed E-state index contributed by atoms with van der Waals surface area (Å²) >= 11 is 1.67. The van der Waals surface area contributed by atoms with Crippen LogP contribution in [0.2, 0.25) is 0 Å². The number of aromatic nitrogens is 2. The SMILES string of the molecule is Cc1cccc(-c2nc3sc4c(c3c(=O)n2Cc2cccc(C#N)c2)CCC4)c1. The largest absolute Gasteiger partial charge is 0.288 e. The van der Waals surface area contributed by atoms with E-state index in [1.54, 1.807) is 22.0 Å². The molecule has 0 radical (unpaired) electrons. The molecular formula is C24H19N3OS. The van der Waals surface area contributed by atoms with Crippen LogP contribution >= 0.6 is 11.3 Å². The van der Waals surface area contributed by atoms with Crippen LogP contribution < -0.4 is 5.56 Å². The molecule has 1 aliphatic rings. The van der Waals surface area contributed by atoms with Gasteiger partial charge in [-0.25, -0.2) is 4.98 Å². The summed E-state index contributed by atoms with van der Waals surface area (Å²) in [7, 11) is 0. The Morgan fingerprint density at radius 2 is 2.03 bits per heavy atom. The average molecular weight is 398 g/mol. The molecule has 142 valence electrons. The number of thiophene rings is 1. The van der Waals surface area contributed by atoms with Crippen LogP contribution in [0.1, 0.15) is 33.6 Å². The van der Waals surface area contributed by atoms with Crippen LogP contribution in [0.5, 0.6) is 0 Å². The maximum atomic E-state index is 13.7. The summed E-state index contributed by atoms with van der Waals surface area (Å²) in [4.78, 5) is 20.8. The first kappa shape index (κ1) is 17.8. The number of hydrogen-bond donors (Lipinski definition) is 0. The lowest BCUT2D eigenvalue weighted by Gasteiger charge is -2.14. The van der Waals surface area contributed by atoms with E-state index in [1.807, 2.05) is 43.3 Å². The Labute approximate surface area is 172 Å². The molecular weight excluding hydrogens is 378 g/mol. The Morgan fingerprint density at radius 1 is 1.17 bits per heavy atom. The van der Waals surface area contributed by atoms with Gasteiger partial charge in [0, 0.05) is 10.4 Å². The first-order valence-electron chi connectivity index (χ1n) is 9.75. The zero-order valence-electron chi connectivity index (χ0n) is 16.1. The molecule has 29 heavy (non-hydrogen) atoms. The van der Waals surface area contributed by atoms with Crippen molar-refractivity contribution in [1.29, 1.82) is 5.26 Å². The van der Waals surface area contributed by atoms with Crippen LogP contribution in [-0.4, -0.2) is 9.55 Å². The molecule has 0 saturated heterocycles. The third-order valence-corrected chi connectivity index (χ3v) is 6.68. The average Bonchev–Trinajstić information content (AvgIpc) is 3.31. The van der Waals surface area contributed by atoms with Gasteiger partial charge in [0.1, 0.15) is 10.7 Å². The fraction of sp³-hybridized carbons (Fsp3) is 0.208. The van der Waals surface area contributed by atoms with E-state index in [1.165, 1.54) is 10.4 Å². The molecule has 5 rings (SSSR count). The van der Waals surface area contributed by atoms with Crippen LogP contribution in [0.3, 0.4) is 0 Å². The van der Waals surface area contributed by atoms with Gasteiger partial charge in [0.25, 0.3) is 5.56 Å². The standard InChI is InChI=1S/C24H19N3OS/c1-15-5-2-8-18(11-15)22-26-23-21(19-9-4-10-20(19)29-23)24(28)27(22)14-17-7-3-6-16(12-17)13-25/h2-3,5-8,11-12H,4,9-10,14H2,1H3. The summed E-state index contributed by atoms with van der Waals surface area (Å²) in [6.07, 6.45) is 3.11. The van der Waals surface area contributed by atoms with E-state index >= 15 is 0 Å². The molecule has 5 heteroatoms. The van der Waals surface area contributed by atoms with Crippen molar-refractivity contribution in [3.63, 3.8) is 0 Å². The highest BCUT2D eigenvalue weighted by molar-refractivity contribution is 7.18. The summed E-state index contributed by atoms with van der Waals surface area (Å²) in [5.74, 6) is 0.688. The molecule has 0 N–H and O–H groups in total. The third-order valence-electron chi connectivity index (χ3n) is 5.50.